The first-order valence-electron chi connectivity index (χ1n) is 7.62. The number of hydrogen-bond donors (Lipinski definition) is 0. The molecule has 0 aromatic carbocycles. The van der Waals surface area contributed by atoms with E-state index in [4.69, 9.17) is 5.26 Å². The molecule has 19 heavy (non-hydrogen) atoms. The highest BCUT2D eigenvalue weighted by atomic mass is 28.3. The Morgan fingerprint density at radius 3 is 2.26 bits per heavy atom. The summed E-state index contributed by atoms with van der Waals surface area (Å²) in [7, 11) is -0.807. The average Bonchev–Trinajstić information content (AvgIpc) is 2.72. The van der Waals surface area contributed by atoms with E-state index in [0.29, 0.717) is 11.7 Å². The van der Waals surface area contributed by atoms with Crippen LogP contribution in [0, 0.1) is 23.2 Å². The number of nitrogens with zero attached hydrogens (tertiary/aromatic N) is 3. The average molecular weight is 282 g/mol. The zero-order valence-electron chi connectivity index (χ0n) is 13.8. The maximum absolute atomic E-state index is 9.06. The molecule has 2 atom stereocenters. The van der Waals surface area contributed by atoms with Crippen LogP contribution in [0.25, 0.3) is 0 Å². The van der Waals surface area contributed by atoms with Gasteiger partial charge in [0.2, 0.25) is 0 Å². The lowest BCUT2D eigenvalue weighted by atomic mass is 9.89. The van der Waals surface area contributed by atoms with E-state index in [1.165, 1.54) is 0 Å². The van der Waals surface area contributed by atoms with Crippen LogP contribution in [-0.2, 0) is 0 Å². The lowest BCUT2D eigenvalue weighted by molar-refractivity contribution is 0.0573. The molecule has 1 aliphatic rings. The van der Waals surface area contributed by atoms with Gasteiger partial charge in [-0.05, 0) is 26.7 Å². The molecule has 0 spiro atoms. The fourth-order valence-electron chi connectivity index (χ4n) is 3.03. The van der Waals surface area contributed by atoms with E-state index in [9.17, 15) is 0 Å². The number of hydrogen-bond acceptors (Lipinski definition) is 3. The third-order valence-electron chi connectivity index (χ3n) is 4.80. The molecule has 0 aliphatic carbocycles. The van der Waals surface area contributed by atoms with Gasteiger partial charge in [0.05, 0.1) is 20.8 Å². The maximum Gasteiger partial charge on any atom is 0.0692 e. The van der Waals surface area contributed by atoms with Gasteiger partial charge in [0.15, 0.2) is 0 Å². The monoisotopic (exact) mass is 281 g/mol. The second kappa shape index (κ2) is 6.38. The van der Waals surface area contributed by atoms with Crippen molar-refractivity contribution in [2.24, 2.45) is 11.8 Å². The minimum Gasteiger partial charge on any atom is -0.288 e. The van der Waals surface area contributed by atoms with Gasteiger partial charge in [-0.3, -0.25) is 9.80 Å². The van der Waals surface area contributed by atoms with Crippen LogP contribution in [0.1, 0.15) is 34.6 Å². The molecule has 0 saturated carbocycles. The fraction of sp³-hybridized carbons (Fsp3) is 0.933. The van der Waals surface area contributed by atoms with Crippen molar-refractivity contribution in [3.8, 4) is 6.07 Å². The lowest BCUT2D eigenvalue weighted by Crippen LogP contribution is -2.57. The lowest BCUT2D eigenvalue weighted by Gasteiger charge is -2.45. The van der Waals surface area contributed by atoms with Gasteiger partial charge in [-0.1, -0.05) is 26.9 Å². The molecule has 4 heteroatoms. The van der Waals surface area contributed by atoms with Crippen molar-refractivity contribution >= 4 is 8.80 Å². The molecule has 1 heterocycles. The minimum absolute atomic E-state index is 0.136. The minimum atomic E-state index is -0.807. The second-order valence-corrected chi connectivity index (χ2v) is 10.3. The Morgan fingerprint density at radius 2 is 1.84 bits per heavy atom. The Bertz CT molecular complexity index is 333. The van der Waals surface area contributed by atoms with E-state index in [1.54, 1.807) is 0 Å². The molecular formula is C15H31N3Si. The summed E-state index contributed by atoms with van der Waals surface area (Å²) in [5.41, 5.74) is 0.243. The van der Waals surface area contributed by atoms with E-state index < -0.39 is 8.80 Å². The fourth-order valence-corrected chi connectivity index (χ4v) is 5.40. The summed E-state index contributed by atoms with van der Waals surface area (Å²) in [5.74, 6) is 1.39. The molecule has 1 fully saturated rings. The Hall–Kier alpha value is -0.373. The first kappa shape index (κ1) is 16.7. The first-order chi connectivity index (χ1) is 8.71. The van der Waals surface area contributed by atoms with Crippen LogP contribution in [0.4, 0.5) is 0 Å². The zero-order chi connectivity index (χ0) is 14.8. The van der Waals surface area contributed by atoms with Crippen LogP contribution < -0.4 is 0 Å². The molecule has 110 valence electrons. The van der Waals surface area contributed by atoms with Gasteiger partial charge in [0, 0.05) is 31.0 Å². The standard InChI is InChI=1S/C15H31N3Si/c1-12(2)15(4,5)18-9-8-17(11-13(3)10-16)14(18)19(6)7/h12-14,19H,8-9,11H2,1-7H3. The van der Waals surface area contributed by atoms with Gasteiger partial charge in [-0.25, -0.2) is 0 Å². The zero-order valence-corrected chi connectivity index (χ0v) is 14.9. The number of rotatable bonds is 5. The van der Waals surface area contributed by atoms with Crippen molar-refractivity contribution in [2.45, 2.75) is 59.0 Å². The van der Waals surface area contributed by atoms with Crippen molar-refractivity contribution in [3.05, 3.63) is 0 Å². The molecule has 1 saturated heterocycles. The second-order valence-electron chi connectivity index (χ2n) is 7.18. The van der Waals surface area contributed by atoms with Crippen LogP contribution in [-0.4, -0.2) is 49.6 Å². The van der Waals surface area contributed by atoms with Crippen LogP contribution in [0.3, 0.4) is 0 Å². The molecular weight excluding hydrogens is 250 g/mol. The summed E-state index contributed by atoms with van der Waals surface area (Å²) in [6.07, 6.45) is 0. The van der Waals surface area contributed by atoms with Crippen LogP contribution in [0.2, 0.25) is 13.1 Å². The van der Waals surface area contributed by atoms with Crippen molar-refractivity contribution in [3.63, 3.8) is 0 Å². The van der Waals surface area contributed by atoms with E-state index in [1.807, 2.05) is 6.92 Å². The maximum atomic E-state index is 9.06. The molecule has 0 amide bonds. The van der Waals surface area contributed by atoms with E-state index in [0.717, 1.165) is 19.6 Å². The Morgan fingerprint density at radius 1 is 1.26 bits per heavy atom. The van der Waals surface area contributed by atoms with Gasteiger partial charge < -0.3 is 0 Å². The Labute approximate surface area is 121 Å². The van der Waals surface area contributed by atoms with Crippen LogP contribution in [0.5, 0.6) is 0 Å². The smallest absolute Gasteiger partial charge is 0.0692 e. The van der Waals surface area contributed by atoms with Crippen LogP contribution in [0.15, 0.2) is 0 Å². The summed E-state index contributed by atoms with van der Waals surface area (Å²) < 4.78 is 0. The van der Waals surface area contributed by atoms with Crippen molar-refractivity contribution < 1.29 is 0 Å². The van der Waals surface area contributed by atoms with Gasteiger partial charge >= 0.3 is 0 Å². The summed E-state index contributed by atoms with van der Waals surface area (Å²) in [5, 5.41) is 9.06. The topological polar surface area (TPSA) is 30.3 Å². The first-order valence-corrected chi connectivity index (χ1v) is 10.6. The van der Waals surface area contributed by atoms with E-state index in [-0.39, 0.29) is 11.5 Å². The highest BCUT2D eigenvalue weighted by Gasteiger charge is 2.43. The van der Waals surface area contributed by atoms with Crippen molar-refractivity contribution in [1.82, 2.24) is 9.80 Å². The molecule has 1 aliphatic heterocycles. The molecule has 1 rings (SSSR count). The van der Waals surface area contributed by atoms with Gasteiger partial charge in [0.1, 0.15) is 0 Å². The highest BCUT2D eigenvalue weighted by Crippen LogP contribution is 2.32. The summed E-state index contributed by atoms with van der Waals surface area (Å²) >= 11 is 0. The largest absolute Gasteiger partial charge is 0.288 e. The predicted octanol–water partition coefficient (Wildman–Crippen LogP) is 2.55. The molecule has 0 N–H and O–H groups in total. The van der Waals surface area contributed by atoms with E-state index >= 15 is 0 Å². The third kappa shape index (κ3) is 3.59. The molecule has 2 unspecified atom stereocenters. The molecule has 0 aromatic heterocycles. The summed E-state index contributed by atoms with van der Waals surface area (Å²) in [4.78, 5) is 5.27. The SMILES string of the molecule is CC(C#N)CN1CCN(C(C)(C)C(C)C)C1[SiH](C)C. The van der Waals surface area contributed by atoms with Gasteiger partial charge in [0.25, 0.3) is 0 Å². The number of nitriles is 1. The summed E-state index contributed by atoms with van der Waals surface area (Å²) in [6.45, 7) is 19.5. The third-order valence-corrected chi connectivity index (χ3v) is 6.77. The highest BCUT2D eigenvalue weighted by molar-refractivity contribution is 6.57. The quantitative estimate of drug-likeness (QED) is 0.726. The molecule has 0 radical (unpaired) electrons. The molecule has 0 aromatic rings. The molecule has 3 nitrogen and oxygen atoms in total. The normalized spacial score (nSPS) is 24.1. The van der Waals surface area contributed by atoms with Crippen molar-refractivity contribution in [1.29, 1.82) is 5.26 Å². The van der Waals surface area contributed by atoms with Gasteiger partial charge in [-0.2, -0.15) is 5.26 Å². The van der Waals surface area contributed by atoms with Gasteiger partial charge in [-0.15, -0.1) is 0 Å². The Balaban J connectivity index is 2.89. The Kier molecular flexibility index (Phi) is 5.61. The predicted molar refractivity (Wildman–Crippen MR) is 84.6 cm³/mol. The summed E-state index contributed by atoms with van der Waals surface area (Å²) in [6, 6.07) is 2.38. The van der Waals surface area contributed by atoms with Crippen molar-refractivity contribution in [2.75, 3.05) is 19.6 Å². The van der Waals surface area contributed by atoms with Crippen LogP contribution >= 0.6 is 0 Å². The molecule has 0 bridgehead atoms. The van der Waals surface area contributed by atoms with E-state index in [2.05, 4.69) is 56.7 Å².